The maximum Gasteiger partial charge on any atom is 0.147 e. The fraction of sp³-hybridized carbons (Fsp3) is 1.00. The SMILES string of the molecule is CN(CCCCS(C)(=O)=O)CC1CCCC1O. The van der Waals surface area contributed by atoms with Gasteiger partial charge in [-0.25, -0.2) is 8.42 Å². The van der Waals surface area contributed by atoms with Gasteiger partial charge in [0.2, 0.25) is 0 Å². The molecule has 102 valence electrons. The number of sulfone groups is 1. The molecule has 5 heteroatoms. The van der Waals surface area contributed by atoms with E-state index in [1.165, 1.54) is 6.26 Å². The maximum absolute atomic E-state index is 11.0. The molecule has 0 amide bonds. The first-order valence-corrected chi connectivity index (χ1v) is 8.49. The molecule has 1 aliphatic carbocycles. The van der Waals surface area contributed by atoms with Crippen molar-refractivity contribution in [3.8, 4) is 0 Å². The molecule has 0 aromatic carbocycles. The number of aliphatic hydroxyl groups excluding tert-OH is 1. The van der Waals surface area contributed by atoms with Gasteiger partial charge < -0.3 is 10.0 Å². The summed E-state index contributed by atoms with van der Waals surface area (Å²) in [4.78, 5) is 2.21. The molecule has 0 saturated heterocycles. The van der Waals surface area contributed by atoms with Gasteiger partial charge in [0.05, 0.1) is 6.10 Å². The molecule has 17 heavy (non-hydrogen) atoms. The summed E-state index contributed by atoms with van der Waals surface area (Å²) in [6.07, 6.45) is 5.98. The summed E-state index contributed by atoms with van der Waals surface area (Å²) in [5, 5.41) is 9.71. The Kier molecular flexibility index (Phi) is 5.89. The highest BCUT2D eigenvalue weighted by Crippen LogP contribution is 2.25. The van der Waals surface area contributed by atoms with Crippen LogP contribution < -0.4 is 0 Å². The fourth-order valence-electron chi connectivity index (χ4n) is 2.47. The van der Waals surface area contributed by atoms with E-state index < -0.39 is 9.84 Å². The Morgan fingerprint density at radius 1 is 1.29 bits per heavy atom. The van der Waals surface area contributed by atoms with Crippen molar-refractivity contribution in [2.75, 3.05) is 32.1 Å². The third-order valence-electron chi connectivity index (χ3n) is 3.47. The number of rotatable bonds is 7. The molecule has 0 aliphatic heterocycles. The number of unbranched alkanes of at least 4 members (excludes halogenated alkanes) is 1. The van der Waals surface area contributed by atoms with Crippen molar-refractivity contribution in [2.24, 2.45) is 5.92 Å². The van der Waals surface area contributed by atoms with Crippen LogP contribution in [0.2, 0.25) is 0 Å². The summed E-state index contributed by atoms with van der Waals surface area (Å²) in [6.45, 7) is 1.85. The Labute approximate surface area is 105 Å². The van der Waals surface area contributed by atoms with E-state index in [9.17, 15) is 13.5 Å². The van der Waals surface area contributed by atoms with Gasteiger partial charge >= 0.3 is 0 Å². The number of hydrogen-bond acceptors (Lipinski definition) is 4. The van der Waals surface area contributed by atoms with E-state index in [-0.39, 0.29) is 11.9 Å². The normalized spacial score (nSPS) is 25.6. The van der Waals surface area contributed by atoms with Crippen LogP contribution in [0, 0.1) is 5.92 Å². The second-order valence-electron chi connectivity index (χ2n) is 5.36. The molecule has 2 unspecified atom stereocenters. The van der Waals surface area contributed by atoms with Crippen molar-refractivity contribution in [3.63, 3.8) is 0 Å². The Bertz CT molecular complexity index is 316. The second kappa shape index (κ2) is 6.71. The van der Waals surface area contributed by atoms with Gasteiger partial charge in [-0.1, -0.05) is 6.42 Å². The Morgan fingerprint density at radius 2 is 2.00 bits per heavy atom. The Hall–Kier alpha value is -0.130. The molecule has 1 N–H and O–H groups in total. The molecule has 0 bridgehead atoms. The number of nitrogens with zero attached hydrogens (tertiary/aromatic N) is 1. The first-order chi connectivity index (χ1) is 7.88. The van der Waals surface area contributed by atoms with E-state index in [0.717, 1.165) is 45.2 Å². The van der Waals surface area contributed by atoms with Gasteiger partial charge in [0.1, 0.15) is 9.84 Å². The maximum atomic E-state index is 11.0. The van der Waals surface area contributed by atoms with Gasteiger partial charge in [0, 0.05) is 18.6 Å². The summed E-state index contributed by atoms with van der Waals surface area (Å²) in [5.41, 5.74) is 0. The van der Waals surface area contributed by atoms with Crippen molar-refractivity contribution in [1.82, 2.24) is 4.90 Å². The van der Waals surface area contributed by atoms with E-state index in [4.69, 9.17) is 0 Å². The Morgan fingerprint density at radius 3 is 2.53 bits per heavy atom. The van der Waals surface area contributed by atoms with Crippen LogP contribution in [0.5, 0.6) is 0 Å². The van der Waals surface area contributed by atoms with E-state index in [1.807, 2.05) is 7.05 Å². The van der Waals surface area contributed by atoms with Gasteiger partial charge in [-0.15, -0.1) is 0 Å². The lowest BCUT2D eigenvalue weighted by molar-refractivity contribution is 0.109. The lowest BCUT2D eigenvalue weighted by Gasteiger charge is -2.22. The molecular formula is C12H25NO3S. The third-order valence-corrected chi connectivity index (χ3v) is 4.50. The highest BCUT2D eigenvalue weighted by Gasteiger charge is 2.25. The average Bonchev–Trinajstić information content (AvgIpc) is 2.58. The van der Waals surface area contributed by atoms with Gasteiger partial charge in [-0.2, -0.15) is 0 Å². The molecule has 2 atom stereocenters. The van der Waals surface area contributed by atoms with Crippen LogP contribution in [0.25, 0.3) is 0 Å². The third kappa shape index (κ3) is 6.38. The predicted octanol–water partition coefficient (Wildman–Crippen LogP) is 0.904. The number of aliphatic hydroxyl groups is 1. The van der Waals surface area contributed by atoms with Crippen LogP contribution in [0.1, 0.15) is 32.1 Å². The van der Waals surface area contributed by atoms with Gasteiger partial charge in [-0.3, -0.25) is 0 Å². The zero-order valence-corrected chi connectivity index (χ0v) is 11.7. The lowest BCUT2D eigenvalue weighted by Crippen LogP contribution is -2.30. The van der Waals surface area contributed by atoms with Crippen molar-refractivity contribution >= 4 is 9.84 Å². The highest BCUT2D eigenvalue weighted by atomic mass is 32.2. The van der Waals surface area contributed by atoms with Crippen LogP contribution in [0.4, 0.5) is 0 Å². The van der Waals surface area contributed by atoms with Crippen LogP contribution in [0.15, 0.2) is 0 Å². The molecule has 1 fully saturated rings. The van der Waals surface area contributed by atoms with Gasteiger partial charge in [0.15, 0.2) is 0 Å². The first kappa shape index (κ1) is 14.9. The van der Waals surface area contributed by atoms with Crippen LogP contribution in [0.3, 0.4) is 0 Å². The van der Waals surface area contributed by atoms with Crippen molar-refractivity contribution in [3.05, 3.63) is 0 Å². The summed E-state index contributed by atoms with van der Waals surface area (Å²) >= 11 is 0. The molecule has 4 nitrogen and oxygen atoms in total. The summed E-state index contributed by atoms with van der Waals surface area (Å²) in [5.74, 6) is 0.697. The molecule has 1 rings (SSSR count). The first-order valence-electron chi connectivity index (χ1n) is 6.43. The van der Waals surface area contributed by atoms with Gasteiger partial charge in [-0.05, 0) is 45.2 Å². The van der Waals surface area contributed by atoms with E-state index >= 15 is 0 Å². The molecule has 0 aromatic rings. The fourth-order valence-corrected chi connectivity index (χ4v) is 3.20. The predicted molar refractivity (Wildman–Crippen MR) is 69.8 cm³/mol. The molecule has 1 aliphatic rings. The molecular weight excluding hydrogens is 238 g/mol. The van der Waals surface area contributed by atoms with E-state index in [2.05, 4.69) is 4.90 Å². The lowest BCUT2D eigenvalue weighted by atomic mass is 10.1. The van der Waals surface area contributed by atoms with Crippen LogP contribution >= 0.6 is 0 Å². The van der Waals surface area contributed by atoms with Crippen molar-refractivity contribution in [2.45, 2.75) is 38.2 Å². The second-order valence-corrected chi connectivity index (χ2v) is 7.62. The standard InChI is InChI=1S/C12H25NO3S/c1-13(8-3-4-9-17(2,15)16)10-11-6-5-7-12(11)14/h11-12,14H,3-10H2,1-2H3. The van der Waals surface area contributed by atoms with E-state index in [0.29, 0.717) is 5.92 Å². The van der Waals surface area contributed by atoms with E-state index in [1.54, 1.807) is 0 Å². The largest absolute Gasteiger partial charge is 0.393 e. The molecule has 0 spiro atoms. The minimum Gasteiger partial charge on any atom is -0.393 e. The summed E-state index contributed by atoms with van der Waals surface area (Å²) < 4.78 is 21.9. The molecule has 0 radical (unpaired) electrons. The summed E-state index contributed by atoms with van der Waals surface area (Å²) in [6, 6.07) is 0. The van der Waals surface area contributed by atoms with Crippen LogP contribution in [-0.2, 0) is 9.84 Å². The summed E-state index contributed by atoms with van der Waals surface area (Å²) in [7, 11) is -0.765. The van der Waals surface area contributed by atoms with Crippen molar-refractivity contribution in [1.29, 1.82) is 0 Å². The minimum absolute atomic E-state index is 0.131. The highest BCUT2D eigenvalue weighted by molar-refractivity contribution is 7.90. The average molecular weight is 263 g/mol. The van der Waals surface area contributed by atoms with Gasteiger partial charge in [0.25, 0.3) is 0 Å². The molecule has 0 heterocycles. The minimum atomic E-state index is -2.81. The monoisotopic (exact) mass is 263 g/mol. The molecule has 1 saturated carbocycles. The van der Waals surface area contributed by atoms with Crippen LogP contribution in [-0.4, -0.2) is 56.7 Å². The topological polar surface area (TPSA) is 57.6 Å². The molecule has 0 aromatic heterocycles. The smallest absolute Gasteiger partial charge is 0.147 e. The quantitative estimate of drug-likeness (QED) is 0.694. The zero-order valence-electron chi connectivity index (χ0n) is 10.9. The number of hydrogen-bond donors (Lipinski definition) is 1. The Balaban J connectivity index is 2.11. The van der Waals surface area contributed by atoms with Crippen molar-refractivity contribution < 1.29 is 13.5 Å². The zero-order chi connectivity index (χ0) is 12.9.